The number of carbonyl (C=O) groups excluding carboxylic acids is 4. The predicted molar refractivity (Wildman–Crippen MR) is 226 cm³/mol. The highest BCUT2D eigenvalue weighted by Gasteiger charge is 2.49. The molecular weight excluding hydrogens is 791 g/mol. The zero-order chi connectivity index (χ0) is 42.9. The molecule has 330 valence electrons. The number of hydrogen-bond acceptors (Lipinski definition) is 12. The number of amides is 4. The number of aryl methyl sites for hydroxylation is 1. The number of fused-ring (bicyclic) bond motifs is 1. The molecule has 1 aliphatic heterocycles. The van der Waals surface area contributed by atoms with Crippen molar-refractivity contribution >= 4 is 35.2 Å². The number of aromatic nitrogens is 1. The number of carbonyl (C=O) groups is 4. The molecule has 2 aromatic rings. The van der Waals surface area contributed by atoms with Gasteiger partial charge in [0.25, 0.3) is 0 Å². The summed E-state index contributed by atoms with van der Waals surface area (Å²) >= 11 is 1.57. The first-order chi connectivity index (χ1) is 28.9. The third-order valence-corrected chi connectivity index (χ3v) is 12.0. The van der Waals surface area contributed by atoms with Crippen molar-refractivity contribution in [3.8, 4) is 22.3 Å². The first kappa shape index (κ1) is 46.9. The van der Waals surface area contributed by atoms with Crippen LogP contribution < -0.4 is 16.0 Å². The van der Waals surface area contributed by atoms with E-state index in [1.807, 2.05) is 57.5 Å². The van der Waals surface area contributed by atoms with E-state index in [9.17, 15) is 24.3 Å². The maximum absolute atomic E-state index is 13.9. The normalized spacial score (nSPS) is 21.4. The van der Waals surface area contributed by atoms with Crippen LogP contribution in [0.25, 0.3) is 10.4 Å². The second-order valence-electron chi connectivity index (χ2n) is 16.6. The standard InChI is InChI=1S/C44H63N5O10S/c1-30-39(60-29-47-30)32-13-11-31(12-14-32)26-46-41(52)37-25-33(50)27-49(37)42(53)40(44(2,3)4)48-38(51)15-17-55-19-21-57-23-24-58-22-20-56-18-16-45-43(54)59-28-36-34-9-7-5-6-8-10-35(34)36/h11-14,29,33-37,40,50H,7-10,15-28H2,1-4H3,(H,45,54)(H,46,52)(H,48,51)/t33-,34-,35+,36?,37+,40-/m1/s1. The SMILES string of the molecule is Cc1ncsc1-c1ccc(CNC(=O)[C@@H]2C[C@@H](O)CN2C(=O)[C@@H](NC(=O)CCOCCOCCOCCOCCNC(=O)OCC2[C@H]3CCC#CCC[C@@H]23)C(C)(C)C)cc1. The van der Waals surface area contributed by atoms with Crippen LogP contribution in [0.15, 0.2) is 29.8 Å². The van der Waals surface area contributed by atoms with Crippen LogP contribution in [0.5, 0.6) is 0 Å². The second kappa shape index (κ2) is 23.8. The minimum absolute atomic E-state index is 0.000356. The molecule has 2 fully saturated rings. The summed E-state index contributed by atoms with van der Waals surface area (Å²) < 4.78 is 27.5. The Bertz CT molecular complexity index is 1740. The highest BCUT2D eigenvalue weighted by molar-refractivity contribution is 7.13. The molecule has 15 nitrogen and oxygen atoms in total. The van der Waals surface area contributed by atoms with Gasteiger partial charge in [0.2, 0.25) is 17.7 Å². The Balaban J connectivity index is 0.875. The van der Waals surface area contributed by atoms with Gasteiger partial charge in [-0.05, 0) is 54.1 Å². The van der Waals surface area contributed by atoms with Gasteiger partial charge in [-0.1, -0.05) is 45.0 Å². The first-order valence-electron chi connectivity index (χ1n) is 21.1. The second-order valence-corrected chi connectivity index (χ2v) is 17.4. The molecule has 0 bridgehead atoms. The number of β-amino-alcohol motifs (C(OH)–C–C–N with tert-alkyl or cyclic N) is 1. The van der Waals surface area contributed by atoms with Crippen LogP contribution in [0.3, 0.4) is 0 Å². The number of hydrogen-bond donors (Lipinski definition) is 4. The Labute approximate surface area is 358 Å². The van der Waals surface area contributed by atoms with Crippen molar-refractivity contribution < 1.29 is 48.0 Å². The van der Waals surface area contributed by atoms with Gasteiger partial charge in [-0.3, -0.25) is 14.4 Å². The maximum Gasteiger partial charge on any atom is 0.407 e. The highest BCUT2D eigenvalue weighted by Crippen LogP contribution is 2.52. The molecule has 1 saturated carbocycles. The van der Waals surface area contributed by atoms with Crippen molar-refractivity contribution in [2.45, 2.75) is 91.0 Å². The molecule has 1 unspecified atom stereocenters. The van der Waals surface area contributed by atoms with Crippen LogP contribution in [-0.2, 0) is 44.6 Å². The fourth-order valence-electron chi connectivity index (χ4n) is 7.67. The predicted octanol–water partition coefficient (Wildman–Crippen LogP) is 3.85. The van der Waals surface area contributed by atoms with Crippen LogP contribution in [0.4, 0.5) is 4.79 Å². The number of alkyl carbamates (subject to hydrolysis) is 1. The third-order valence-electron chi connectivity index (χ3n) is 11.1. The number of aliphatic hydroxyl groups is 1. The lowest BCUT2D eigenvalue weighted by Gasteiger charge is -2.35. The summed E-state index contributed by atoms with van der Waals surface area (Å²) in [5, 5.41) is 19.0. The van der Waals surface area contributed by atoms with E-state index < -0.39 is 35.6 Å². The number of aliphatic hydroxyl groups excluding tert-OH is 1. The summed E-state index contributed by atoms with van der Waals surface area (Å²) in [7, 11) is 0. The van der Waals surface area contributed by atoms with E-state index in [4.69, 9.17) is 23.7 Å². The molecule has 0 radical (unpaired) electrons. The smallest absolute Gasteiger partial charge is 0.407 e. The molecule has 2 heterocycles. The Morgan fingerprint density at radius 3 is 2.12 bits per heavy atom. The number of likely N-dealkylation sites (tertiary alicyclic amines) is 1. The van der Waals surface area contributed by atoms with Gasteiger partial charge in [0, 0.05) is 45.3 Å². The molecule has 1 aromatic carbocycles. The summed E-state index contributed by atoms with van der Waals surface area (Å²) in [6.07, 6.45) is 2.96. The van der Waals surface area contributed by atoms with Gasteiger partial charge in [-0.25, -0.2) is 9.78 Å². The lowest BCUT2D eigenvalue weighted by atomic mass is 9.85. The molecule has 3 aliphatic rings. The Hall–Kier alpha value is -4.11. The minimum Gasteiger partial charge on any atom is -0.449 e. The van der Waals surface area contributed by atoms with Crippen LogP contribution in [0.2, 0.25) is 0 Å². The zero-order valence-corrected chi connectivity index (χ0v) is 36.3. The molecule has 5 rings (SSSR count). The lowest BCUT2D eigenvalue weighted by molar-refractivity contribution is -0.144. The van der Waals surface area contributed by atoms with Gasteiger partial charge in [0.05, 0.1) is 81.6 Å². The van der Waals surface area contributed by atoms with Crippen molar-refractivity contribution in [1.82, 2.24) is 25.8 Å². The molecule has 60 heavy (non-hydrogen) atoms. The topological polar surface area (TPSA) is 187 Å². The van der Waals surface area contributed by atoms with Crippen molar-refractivity contribution in [3.05, 3.63) is 41.0 Å². The quantitative estimate of drug-likeness (QED) is 0.0941. The minimum atomic E-state index is -0.921. The largest absolute Gasteiger partial charge is 0.449 e. The van der Waals surface area contributed by atoms with E-state index >= 15 is 0 Å². The summed E-state index contributed by atoms with van der Waals surface area (Å²) in [4.78, 5) is 59.0. The van der Waals surface area contributed by atoms with E-state index in [-0.39, 0.29) is 51.0 Å². The van der Waals surface area contributed by atoms with Crippen molar-refractivity contribution in [3.63, 3.8) is 0 Å². The van der Waals surface area contributed by atoms with Gasteiger partial charge in [0.1, 0.15) is 12.1 Å². The molecule has 1 saturated heterocycles. The Kier molecular flexibility index (Phi) is 18.6. The average molecular weight is 854 g/mol. The summed E-state index contributed by atoms with van der Waals surface area (Å²) in [6.45, 7) is 11.2. The zero-order valence-electron chi connectivity index (χ0n) is 35.5. The van der Waals surface area contributed by atoms with Gasteiger partial charge in [0.15, 0.2) is 0 Å². The van der Waals surface area contributed by atoms with E-state index in [2.05, 4.69) is 32.8 Å². The molecule has 2 aliphatic carbocycles. The molecule has 0 spiro atoms. The molecule has 6 atom stereocenters. The van der Waals surface area contributed by atoms with Crippen LogP contribution in [0, 0.1) is 41.9 Å². The Morgan fingerprint density at radius 1 is 0.900 bits per heavy atom. The van der Waals surface area contributed by atoms with E-state index in [0.29, 0.717) is 70.5 Å². The van der Waals surface area contributed by atoms with E-state index in [0.717, 1.165) is 47.4 Å². The maximum atomic E-state index is 13.9. The van der Waals surface area contributed by atoms with Crippen molar-refractivity contribution in [2.75, 3.05) is 72.6 Å². The fourth-order valence-corrected chi connectivity index (χ4v) is 8.48. The molecular formula is C44H63N5O10S. The number of rotatable bonds is 23. The van der Waals surface area contributed by atoms with E-state index in [1.54, 1.807) is 11.3 Å². The monoisotopic (exact) mass is 853 g/mol. The highest BCUT2D eigenvalue weighted by atomic mass is 32.1. The molecule has 1 aromatic heterocycles. The number of benzene rings is 1. The molecule has 4 amide bonds. The van der Waals surface area contributed by atoms with Gasteiger partial charge < -0.3 is 49.6 Å². The fraction of sp³-hybridized carbons (Fsp3) is 0.659. The number of ether oxygens (including phenoxy) is 5. The summed E-state index contributed by atoms with van der Waals surface area (Å²) in [6, 6.07) is 6.09. The van der Waals surface area contributed by atoms with Gasteiger partial charge in [-0.15, -0.1) is 23.2 Å². The van der Waals surface area contributed by atoms with Gasteiger partial charge >= 0.3 is 6.09 Å². The van der Waals surface area contributed by atoms with Crippen molar-refractivity contribution in [1.29, 1.82) is 0 Å². The number of nitrogens with one attached hydrogen (secondary N) is 3. The molecule has 4 N–H and O–H groups in total. The van der Waals surface area contributed by atoms with Crippen LogP contribution >= 0.6 is 11.3 Å². The molecule has 16 heteroatoms. The van der Waals surface area contributed by atoms with E-state index in [1.165, 1.54) is 4.90 Å². The average Bonchev–Trinajstić information content (AvgIpc) is 3.45. The lowest BCUT2D eigenvalue weighted by Crippen LogP contribution is -2.57. The third kappa shape index (κ3) is 14.8. The number of nitrogens with zero attached hydrogens (tertiary/aromatic N) is 2. The summed E-state index contributed by atoms with van der Waals surface area (Å²) in [5.74, 6) is 7.00. The number of thiazole rings is 1. The van der Waals surface area contributed by atoms with Crippen LogP contribution in [-0.4, -0.2) is 130 Å². The van der Waals surface area contributed by atoms with Crippen molar-refractivity contribution in [2.24, 2.45) is 23.2 Å². The first-order valence-corrected chi connectivity index (χ1v) is 22.0. The Morgan fingerprint density at radius 2 is 1.52 bits per heavy atom. The van der Waals surface area contributed by atoms with Crippen LogP contribution in [0.1, 0.15) is 70.6 Å². The van der Waals surface area contributed by atoms with Gasteiger partial charge in [-0.2, -0.15) is 0 Å². The summed E-state index contributed by atoms with van der Waals surface area (Å²) in [5.41, 5.74) is 4.07.